The molecule has 1 heterocycles. The molecule has 0 amide bonds. The molecule has 4 fully saturated rings. The Hall–Kier alpha value is -0.910. The van der Waals surface area contributed by atoms with Gasteiger partial charge in [0.2, 0.25) is 0 Å². The van der Waals surface area contributed by atoms with Crippen LogP contribution in [0.2, 0.25) is 0 Å². The van der Waals surface area contributed by atoms with Crippen LogP contribution in [-0.2, 0) is 14.7 Å². The highest BCUT2D eigenvalue weighted by Crippen LogP contribution is 2.68. The molecule has 6 atom stereocenters. The Kier molecular flexibility index (Phi) is 3.68. The van der Waals surface area contributed by atoms with Crippen LogP contribution in [0, 0.1) is 28.6 Å². The fourth-order valence-electron chi connectivity index (χ4n) is 7.38. The summed E-state index contributed by atoms with van der Waals surface area (Å²) in [5.74, 6) is 0.567. The van der Waals surface area contributed by atoms with Crippen LogP contribution in [0.4, 0.5) is 0 Å². The van der Waals surface area contributed by atoms with Crippen molar-refractivity contribution >= 4 is 5.71 Å². The third-order valence-electron chi connectivity index (χ3n) is 8.84. The van der Waals surface area contributed by atoms with E-state index in [-0.39, 0.29) is 22.9 Å². The number of fused-ring (bicyclic) bond motifs is 6. The molecule has 0 aromatic carbocycles. The molecule has 1 saturated heterocycles. The van der Waals surface area contributed by atoms with Crippen molar-refractivity contribution in [3.63, 3.8) is 0 Å². The minimum absolute atomic E-state index is 0.0451. The molecule has 3 saturated carbocycles. The average Bonchev–Trinajstić information content (AvgIpc) is 3.22. The SMILES string of the molecule is C[C@]12CC[C@H](O)CC1=CC(=N[O])C1C2CC[C@@]2(C)C1CCC21OCCO1. The van der Waals surface area contributed by atoms with Gasteiger partial charge in [0.25, 0.3) is 0 Å². The standard InChI is InChI=1S/C21H30NO4/c1-19-6-3-14(23)11-13(19)12-17(22-24)18-15(19)4-7-20(2)16(18)5-8-21(20)25-9-10-26-21/h12,14-16,18,23H,3-11H2,1-2H3/t14-,15?,16?,18?,19-,20-/m0/s1. The first-order chi connectivity index (χ1) is 12.4. The van der Waals surface area contributed by atoms with Crippen LogP contribution < -0.4 is 0 Å². The summed E-state index contributed by atoms with van der Waals surface area (Å²) in [6, 6.07) is 0. The summed E-state index contributed by atoms with van der Waals surface area (Å²) in [6.07, 6.45) is 8.45. The van der Waals surface area contributed by atoms with E-state index in [1.165, 1.54) is 5.57 Å². The molecule has 4 aliphatic carbocycles. The van der Waals surface area contributed by atoms with Crippen molar-refractivity contribution < 1.29 is 19.8 Å². The molecule has 0 bridgehead atoms. The first-order valence-electron chi connectivity index (χ1n) is 10.3. The van der Waals surface area contributed by atoms with E-state index in [2.05, 4.69) is 19.0 Å². The smallest absolute Gasteiger partial charge is 0.174 e. The second-order valence-electron chi connectivity index (χ2n) is 9.68. The van der Waals surface area contributed by atoms with Crippen LogP contribution in [0.1, 0.15) is 58.8 Å². The van der Waals surface area contributed by atoms with Gasteiger partial charge < -0.3 is 14.6 Å². The molecule has 3 unspecified atom stereocenters. The minimum atomic E-state index is -0.454. The average molecular weight is 360 g/mol. The fourth-order valence-corrected chi connectivity index (χ4v) is 7.38. The van der Waals surface area contributed by atoms with Crippen molar-refractivity contribution in [2.24, 2.45) is 33.7 Å². The van der Waals surface area contributed by atoms with Gasteiger partial charge in [-0.2, -0.15) is 0 Å². The Morgan fingerprint density at radius 1 is 1.08 bits per heavy atom. The lowest BCUT2D eigenvalue weighted by molar-refractivity contribution is -0.238. The molecule has 1 spiro atoms. The second-order valence-corrected chi connectivity index (χ2v) is 9.68. The van der Waals surface area contributed by atoms with Gasteiger partial charge in [-0.3, -0.25) is 0 Å². The second kappa shape index (κ2) is 5.55. The number of nitrogens with zero attached hydrogens (tertiary/aromatic N) is 1. The predicted octanol–water partition coefficient (Wildman–Crippen LogP) is 3.45. The molecule has 1 radical (unpaired) electrons. The third-order valence-corrected chi connectivity index (χ3v) is 8.84. The van der Waals surface area contributed by atoms with E-state index in [1.807, 2.05) is 6.08 Å². The van der Waals surface area contributed by atoms with Gasteiger partial charge in [-0.15, -0.1) is 5.21 Å². The summed E-state index contributed by atoms with van der Waals surface area (Å²) in [5.41, 5.74) is 2.00. The fraction of sp³-hybridized carbons (Fsp3) is 0.857. The molecule has 1 N–H and O–H groups in total. The Morgan fingerprint density at radius 2 is 1.81 bits per heavy atom. The van der Waals surface area contributed by atoms with Crippen LogP contribution in [0.3, 0.4) is 0 Å². The zero-order chi connectivity index (χ0) is 18.2. The Labute approximate surface area is 155 Å². The highest BCUT2D eigenvalue weighted by Gasteiger charge is 2.67. The van der Waals surface area contributed by atoms with Gasteiger partial charge in [0.1, 0.15) is 0 Å². The van der Waals surface area contributed by atoms with Crippen LogP contribution in [0.15, 0.2) is 16.8 Å². The van der Waals surface area contributed by atoms with Crippen LogP contribution >= 0.6 is 0 Å². The predicted molar refractivity (Wildman–Crippen MR) is 95.8 cm³/mol. The summed E-state index contributed by atoms with van der Waals surface area (Å²) >= 11 is 0. The molecule has 5 nitrogen and oxygen atoms in total. The van der Waals surface area contributed by atoms with Crippen LogP contribution in [0.5, 0.6) is 0 Å². The molecular weight excluding hydrogens is 330 g/mol. The van der Waals surface area contributed by atoms with Crippen molar-refractivity contribution in [2.45, 2.75) is 70.7 Å². The number of ether oxygens (including phenoxy) is 2. The maximum atomic E-state index is 11.8. The molecule has 5 aliphatic rings. The molecule has 5 rings (SSSR count). The Balaban J connectivity index is 1.57. The van der Waals surface area contributed by atoms with Crippen molar-refractivity contribution in [3.8, 4) is 0 Å². The largest absolute Gasteiger partial charge is 0.393 e. The normalized spacial score (nSPS) is 51.0. The van der Waals surface area contributed by atoms with Gasteiger partial charge in [-0.05, 0) is 67.0 Å². The lowest BCUT2D eigenvalue weighted by atomic mass is 9.47. The van der Waals surface area contributed by atoms with Crippen LogP contribution in [-0.4, -0.2) is 35.9 Å². The van der Waals surface area contributed by atoms with E-state index >= 15 is 0 Å². The molecular formula is C21H30NO4. The molecule has 0 aromatic heterocycles. The monoisotopic (exact) mass is 360 g/mol. The van der Waals surface area contributed by atoms with Crippen molar-refractivity contribution in [1.29, 1.82) is 0 Å². The van der Waals surface area contributed by atoms with Gasteiger partial charge in [0.05, 0.1) is 25.0 Å². The van der Waals surface area contributed by atoms with E-state index < -0.39 is 5.79 Å². The molecule has 1 aliphatic heterocycles. The van der Waals surface area contributed by atoms with Gasteiger partial charge in [0.15, 0.2) is 5.79 Å². The minimum Gasteiger partial charge on any atom is -0.393 e. The number of hydrogen-bond acceptors (Lipinski definition) is 4. The van der Waals surface area contributed by atoms with Crippen molar-refractivity contribution in [1.82, 2.24) is 0 Å². The zero-order valence-corrected chi connectivity index (χ0v) is 15.9. The molecule has 0 aromatic rings. The highest BCUT2D eigenvalue weighted by molar-refractivity contribution is 5.99. The lowest BCUT2D eigenvalue weighted by Gasteiger charge is -2.58. The Bertz CT molecular complexity index is 667. The Morgan fingerprint density at radius 3 is 2.54 bits per heavy atom. The zero-order valence-electron chi connectivity index (χ0n) is 15.9. The van der Waals surface area contributed by atoms with Gasteiger partial charge in [-0.1, -0.05) is 19.4 Å². The summed E-state index contributed by atoms with van der Waals surface area (Å²) in [6.45, 7) is 6.04. The van der Waals surface area contributed by atoms with Gasteiger partial charge in [0, 0.05) is 17.8 Å². The first kappa shape index (κ1) is 17.2. The molecule has 26 heavy (non-hydrogen) atoms. The maximum Gasteiger partial charge on any atom is 0.174 e. The van der Waals surface area contributed by atoms with E-state index in [0.29, 0.717) is 37.2 Å². The summed E-state index contributed by atoms with van der Waals surface area (Å²) in [4.78, 5) is 0. The number of aliphatic hydroxyl groups excluding tert-OH is 1. The number of aliphatic hydroxyl groups is 1. The van der Waals surface area contributed by atoms with E-state index in [1.54, 1.807) is 0 Å². The van der Waals surface area contributed by atoms with Gasteiger partial charge in [-0.25, -0.2) is 0 Å². The van der Waals surface area contributed by atoms with Crippen molar-refractivity contribution in [3.05, 3.63) is 11.6 Å². The van der Waals surface area contributed by atoms with Crippen LogP contribution in [0.25, 0.3) is 0 Å². The summed E-state index contributed by atoms with van der Waals surface area (Å²) in [5, 5.41) is 25.5. The third kappa shape index (κ3) is 2.00. The van der Waals surface area contributed by atoms with Gasteiger partial charge >= 0.3 is 0 Å². The van der Waals surface area contributed by atoms with Crippen molar-refractivity contribution in [2.75, 3.05) is 13.2 Å². The first-order valence-corrected chi connectivity index (χ1v) is 10.3. The number of hydrogen-bond donors (Lipinski definition) is 1. The maximum absolute atomic E-state index is 11.8. The lowest BCUT2D eigenvalue weighted by Crippen LogP contribution is -2.57. The van der Waals surface area contributed by atoms with E-state index in [9.17, 15) is 10.3 Å². The quantitative estimate of drug-likeness (QED) is 0.673. The number of allylic oxidation sites excluding steroid dienone is 1. The van der Waals surface area contributed by atoms with E-state index in [0.717, 1.165) is 38.5 Å². The van der Waals surface area contributed by atoms with E-state index in [4.69, 9.17) is 9.47 Å². The topological polar surface area (TPSA) is 71.0 Å². The highest BCUT2D eigenvalue weighted by atomic mass is 16.7. The molecule has 5 heteroatoms. The summed E-state index contributed by atoms with van der Waals surface area (Å²) < 4.78 is 12.4. The summed E-state index contributed by atoms with van der Waals surface area (Å²) in [7, 11) is 0. The molecule has 143 valence electrons. The number of rotatable bonds is 0.